The van der Waals surface area contributed by atoms with Gasteiger partial charge in [-0.15, -0.1) is 0 Å². The van der Waals surface area contributed by atoms with Gasteiger partial charge in [0.25, 0.3) is 0 Å². The largest absolute Gasteiger partial charge is 0.379 e. The van der Waals surface area contributed by atoms with Crippen LogP contribution in [0.4, 0.5) is 0 Å². The van der Waals surface area contributed by atoms with Crippen LogP contribution in [0.3, 0.4) is 0 Å². The molecule has 4 atom stereocenters. The highest BCUT2D eigenvalue weighted by Gasteiger charge is 2.42. The number of halogens is 1. The molecule has 128 valence electrons. The molecule has 0 aromatic carbocycles. The van der Waals surface area contributed by atoms with Crippen LogP contribution in [0.2, 0.25) is 5.02 Å². The van der Waals surface area contributed by atoms with Gasteiger partial charge in [0.15, 0.2) is 0 Å². The first-order chi connectivity index (χ1) is 11.0. The number of amides is 1. The van der Waals surface area contributed by atoms with Gasteiger partial charge in [-0.1, -0.05) is 11.6 Å². The number of carbonyl (C=O) groups excluding carboxylic acids is 1. The number of likely N-dealkylation sites (tertiary alicyclic amines) is 1. The van der Waals surface area contributed by atoms with Gasteiger partial charge in [0.05, 0.1) is 29.9 Å². The van der Waals surface area contributed by atoms with Gasteiger partial charge in [-0.3, -0.25) is 9.48 Å². The Bertz CT molecular complexity index is 550. The van der Waals surface area contributed by atoms with E-state index in [0.717, 1.165) is 39.0 Å². The van der Waals surface area contributed by atoms with E-state index in [9.17, 15) is 4.79 Å². The molecular weight excluding hydrogens is 316 g/mol. The third kappa shape index (κ3) is 4.05. The molecule has 1 N–H and O–H groups in total. The second-order valence-electron chi connectivity index (χ2n) is 6.75. The van der Waals surface area contributed by atoms with E-state index in [0.29, 0.717) is 16.9 Å². The molecule has 1 saturated carbocycles. The monoisotopic (exact) mass is 340 g/mol. The summed E-state index contributed by atoms with van der Waals surface area (Å²) in [5.74, 6) is 1.33. The minimum absolute atomic E-state index is 0.0286. The smallest absolute Gasteiger partial charge is 0.217 e. The molecule has 0 spiro atoms. The summed E-state index contributed by atoms with van der Waals surface area (Å²) in [6.07, 6.45) is 5.69. The van der Waals surface area contributed by atoms with Crippen molar-refractivity contribution in [1.82, 2.24) is 20.0 Å². The predicted molar refractivity (Wildman–Crippen MR) is 88.3 cm³/mol. The zero-order valence-corrected chi connectivity index (χ0v) is 14.5. The van der Waals surface area contributed by atoms with E-state index in [-0.39, 0.29) is 18.1 Å². The van der Waals surface area contributed by atoms with Gasteiger partial charge in [-0.25, -0.2) is 0 Å². The van der Waals surface area contributed by atoms with Crippen molar-refractivity contribution >= 4 is 17.5 Å². The van der Waals surface area contributed by atoms with Gasteiger partial charge in [-0.2, -0.15) is 5.10 Å². The molecule has 7 heteroatoms. The fourth-order valence-electron chi connectivity index (χ4n) is 4.07. The van der Waals surface area contributed by atoms with Crippen LogP contribution in [0.1, 0.15) is 19.8 Å². The first-order valence-corrected chi connectivity index (χ1v) is 8.63. The minimum atomic E-state index is 0.0286. The summed E-state index contributed by atoms with van der Waals surface area (Å²) in [4.78, 5) is 13.9. The van der Waals surface area contributed by atoms with E-state index in [1.807, 2.05) is 10.9 Å². The number of hydrogen-bond donors (Lipinski definition) is 1. The maximum Gasteiger partial charge on any atom is 0.217 e. The molecule has 3 rings (SSSR count). The van der Waals surface area contributed by atoms with Gasteiger partial charge in [0, 0.05) is 39.9 Å². The fraction of sp³-hybridized carbons (Fsp3) is 0.750. The Morgan fingerprint density at radius 1 is 1.39 bits per heavy atom. The van der Waals surface area contributed by atoms with Gasteiger partial charge in [0.1, 0.15) is 0 Å². The Labute approximate surface area is 142 Å². The first kappa shape index (κ1) is 16.7. The number of nitrogens with zero attached hydrogens (tertiary/aromatic N) is 3. The topological polar surface area (TPSA) is 59.4 Å². The van der Waals surface area contributed by atoms with Crippen molar-refractivity contribution in [2.45, 2.75) is 38.5 Å². The van der Waals surface area contributed by atoms with E-state index in [1.165, 1.54) is 0 Å². The molecule has 6 nitrogen and oxygen atoms in total. The lowest BCUT2D eigenvalue weighted by molar-refractivity contribution is -0.121. The van der Waals surface area contributed by atoms with Gasteiger partial charge < -0.3 is 15.0 Å². The maximum atomic E-state index is 11.4. The highest BCUT2D eigenvalue weighted by molar-refractivity contribution is 6.30. The number of fused-ring (bicyclic) bond motifs is 1. The van der Waals surface area contributed by atoms with E-state index >= 15 is 0 Å². The molecule has 2 aliphatic rings. The quantitative estimate of drug-likeness (QED) is 0.880. The van der Waals surface area contributed by atoms with E-state index in [2.05, 4.69) is 15.3 Å². The number of hydrogen-bond acceptors (Lipinski definition) is 4. The van der Waals surface area contributed by atoms with Crippen LogP contribution in [-0.4, -0.2) is 59.5 Å². The third-order valence-electron chi connectivity index (χ3n) is 5.13. The molecule has 1 amide bonds. The summed E-state index contributed by atoms with van der Waals surface area (Å²) in [5.41, 5.74) is 0. The molecule has 0 radical (unpaired) electrons. The summed E-state index contributed by atoms with van der Waals surface area (Å²) in [7, 11) is 1.74. The van der Waals surface area contributed by atoms with Crippen LogP contribution < -0.4 is 5.32 Å². The SMILES string of the molecule is CO[C@@H]1C[C@H]2CN(CCn3cc(Cl)cn3)C[C@H]2C[C@H]1NC(C)=O. The molecule has 0 unspecified atom stereocenters. The molecule has 1 aliphatic carbocycles. The summed E-state index contributed by atoms with van der Waals surface area (Å²) in [6, 6.07) is 0.142. The Hall–Kier alpha value is -1.11. The second kappa shape index (κ2) is 7.20. The number of ether oxygens (including phenoxy) is 1. The first-order valence-electron chi connectivity index (χ1n) is 8.25. The summed E-state index contributed by atoms with van der Waals surface area (Å²) < 4.78 is 7.51. The molecule has 23 heavy (non-hydrogen) atoms. The van der Waals surface area contributed by atoms with Gasteiger partial charge in [-0.05, 0) is 24.7 Å². The Kier molecular flexibility index (Phi) is 5.24. The van der Waals surface area contributed by atoms with Gasteiger partial charge in [0.2, 0.25) is 5.91 Å². The number of rotatable bonds is 5. The minimum Gasteiger partial charge on any atom is -0.379 e. The summed E-state index contributed by atoms with van der Waals surface area (Å²) in [5, 5.41) is 7.97. The van der Waals surface area contributed by atoms with Crippen LogP contribution in [-0.2, 0) is 16.1 Å². The van der Waals surface area contributed by atoms with Crippen LogP contribution >= 0.6 is 11.6 Å². The molecular formula is C16H25ClN4O2. The second-order valence-corrected chi connectivity index (χ2v) is 7.19. The molecule has 1 aromatic heterocycles. The number of methoxy groups -OCH3 is 1. The lowest BCUT2D eigenvalue weighted by Gasteiger charge is -2.37. The van der Waals surface area contributed by atoms with Crippen molar-refractivity contribution in [1.29, 1.82) is 0 Å². The zero-order valence-electron chi connectivity index (χ0n) is 13.7. The Balaban J connectivity index is 1.54. The fourth-order valence-corrected chi connectivity index (χ4v) is 4.23. The van der Waals surface area contributed by atoms with Crippen LogP contribution in [0.15, 0.2) is 12.4 Å². The Morgan fingerprint density at radius 2 is 2.13 bits per heavy atom. The number of carbonyl (C=O) groups is 1. The molecule has 1 aromatic rings. The van der Waals surface area contributed by atoms with Crippen LogP contribution in [0.25, 0.3) is 0 Å². The van der Waals surface area contributed by atoms with Gasteiger partial charge >= 0.3 is 0 Å². The highest BCUT2D eigenvalue weighted by atomic mass is 35.5. The lowest BCUT2D eigenvalue weighted by atomic mass is 9.77. The molecule has 1 aliphatic heterocycles. The Morgan fingerprint density at radius 3 is 2.74 bits per heavy atom. The molecule has 0 bridgehead atoms. The molecule has 2 heterocycles. The summed E-state index contributed by atoms with van der Waals surface area (Å²) >= 11 is 5.90. The maximum absolute atomic E-state index is 11.4. The van der Waals surface area contributed by atoms with Crippen molar-refractivity contribution in [3.8, 4) is 0 Å². The predicted octanol–water partition coefficient (Wildman–Crippen LogP) is 1.40. The van der Waals surface area contributed by atoms with E-state index < -0.39 is 0 Å². The van der Waals surface area contributed by atoms with Crippen LogP contribution in [0.5, 0.6) is 0 Å². The normalized spacial score (nSPS) is 31.1. The standard InChI is InChI=1S/C16H25ClN4O2/c1-11(22)19-15-5-12-8-20(9-13(12)6-16(15)23-2)3-4-21-10-14(17)7-18-21/h7,10,12-13,15-16H,3-6,8-9H2,1-2H3,(H,19,22)/t12-,13+,15-,16-/m1/s1. The van der Waals surface area contributed by atoms with Crippen molar-refractivity contribution in [3.63, 3.8) is 0 Å². The van der Waals surface area contributed by atoms with Crippen LogP contribution in [0, 0.1) is 11.8 Å². The molecule has 2 fully saturated rings. The number of aromatic nitrogens is 2. The zero-order chi connectivity index (χ0) is 16.4. The lowest BCUT2D eigenvalue weighted by Crippen LogP contribution is -2.49. The summed E-state index contributed by atoms with van der Waals surface area (Å²) in [6.45, 7) is 5.61. The average molecular weight is 341 g/mol. The highest BCUT2D eigenvalue weighted by Crippen LogP contribution is 2.37. The van der Waals surface area contributed by atoms with E-state index in [1.54, 1.807) is 20.2 Å². The van der Waals surface area contributed by atoms with Crippen molar-refractivity contribution in [3.05, 3.63) is 17.4 Å². The number of nitrogens with one attached hydrogen (secondary N) is 1. The third-order valence-corrected chi connectivity index (χ3v) is 5.33. The average Bonchev–Trinajstić information content (AvgIpc) is 3.09. The molecule has 1 saturated heterocycles. The van der Waals surface area contributed by atoms with Crippen molar-refractivity contribution < 1.29 is 9.53 Å². The van der Waals surface area contributed by atoms with Crippen molar-refractivity contribution in [2.24, 2.45) is 11.8 Å². The van der Waals surface area contributed by atoms with E-state index in [4.69, 9.17) is 16.3 Å². The van der Waals surface area contributed by atoms with Crippen molar-refractivity contribution in [2.75, 3.05) is 26.7 Å².